The molecule has 49 nitrogen and oxygen atoms in total. The zero-order valence-electron chi connectivity index (χ0n) is 76.9. The lowest BCUT2D eigenvalue weighted by Crippen LogP contribution is -2.41. The van der Waals surface area contributed by atoms with E-state index in [0.717, 1.165) is 115 Å². The molecule has 0 spiro atoms. The van der Waals surface area contributed by atoms with Crippen molar-refractivity contribution in [1.29, 1.82) is 10.8 Å². The Morgan fingerprint density at radius 1 is 0.305 bits per heavy atom. The second-order valence-electron chi connectivity index (χ2n) is 31.7. The molecule has 760 valence electrons. The highest BCUT2D eigenvalue weighted by atomic mass is 16.4. The summed E-state index contributed by atoms with van der Waals surface area (Å²) in [7, 11) is 0. The van der Waals surface area contributed by atoms with Crippen molar-refractivity contribution in [3.63, 3.8) is 0 Å². The Hall–Kier alpha value is -8.20. The van der Waals surface area contributed by atoms with Gasteiger partial charge in [-0.2, -0.15) is 0 Å². The van der Waals surface area contributed by atoms with Crippen LogP contribution in [0.15, 0.2) is 23.4 Å². The minimum atomic E-state index is -1.10. The number of aliphatic hydroxyl groups is 1. The van der Waals surface area contributed by atoms with Crippen LogP contribution >= 0.6 is 0 Å². The summed E-state index contributed by atoms with van der Waals surface area (Å²) in [4.78, 5) is 103. The van der Waals surface area contributed by atoms with Gasteiger partial charge in [0.25, 0.3) is 0 Å². The van der Waals surface area contributed by atoms with Crippen LogP contribution in [0.4, 0.5) is 0 Å². The minimum Gasteiger partial charge on any atom is -0.494 e. The molecule has 0 aromatic carbocycles. The predicted octanol–water partition coefficient (Wildman–Crippen LogP) is -3.04. The number of carboxylic acid groups (broad SMARTS) is 10. The summed E-state index contributed by atoms with van der Waals surface area (Å²) in [5.74, 6) is -5.26. The van der Waals surface area contributed by atoms with Gasteiger partial charge >= 0.3 is 59.7 Å². The van der Waals surface area contributed by atoms with E-state index in [4.69, 9.17) is 210 Å². The summed E-state index contributed by atoms with van der Waals surface area (Å²) < 4.78 is 0. The zero-order valence-corrected chi connectivity index (χ0v) is 76.9. The van der Waals surface area contributed by atoms with Crippen LogP contribution in [0, 0.1) is 10.8 Å². The SMILES string of the molecule is C/C(N)=C/C(N)CCC(N)C(=O)O.CC(=N)CCCCCCC(N)C(=O)O.CC(=N)CCCCCCCC(N)C(=O)O.CC(N)C(N)CCC(N)C(=O)O.CC(N)CC(N)CCC(N)C(=O)O.CC(N)CCC(N)CCCC(N)C(=O)O.N/C(O)=C(\N)CCC(N)C(=O)O.NC(N)CCCCC(N)C(=O)O.NCCC(N)CCC(N)C(=O)O.NNCCCC(N)C(=O)O. The topological polar surface area (TPSA) is 1100 Å². The Morgan fingerprint density at radius 3 is 0.891 bits per heavy atom. The third kappa shape index (κ3) is 116. The summed E-state index contributed by atoms with van der Waals surface area (Å²) in [5, 5.41) is 108. The molecule has 0 bridgehead atoms. The first kappa shape index (κ1) is 140. The number of nitrogens with two attached hydrogens (primary N) is 25. The summed E-state index contributed by atoms with van der Waals surface area (Å²) in [5.41, 5.74) is 134. The largest absolute Gasteiger partial charge is 0.494 e. The van der Waals surface area contributed by atoms with Crippen LogP contribution in [0.1, 0.15) is 273 Å². The number of allylic oxidation sites excluding steroid dienone is 2. The van der Waals surface area contributed by atoms with Crippen LogP contribution in [0.5, 0.6) is 0 Å². The smallest absolute Gasteiger partial charge is 0.320 e. The number of aliphatic hydroxyl groups excluding tert-OH is 1. The molecule has 0 aliphatic heterocycles. The second-order valence-corrected chi connectivity index (χ2v) is 31.7. The standard InChI is InChI=1S/C11H22N2O2.C10H23N3O2.C10H20N2O2.C8H19N3O2.C8H17N3O2.3C7H17N3O2.C6H13N3O3.C5H13N3O2/c1-9(12)7-5-3-2-4-6-8-10(13)11(14)15;1-7(11)5-6-8(12)3-2-4-9(13)10(14)15;1-8(11)6-4-2-3-5-7-9(12)10(13)14;2*1-5(9)4-6(10)2-3-7(11)8(12)13;1-4(8)5(9)2-3-6(10)7(11)12;8-4-3-5(9)1-2-6(10)7(11)12;8-5(7(11)12)3-1-2-4-6(9)10;7-3(5(9)10)1-2-4(8)6(11)12;6-4(5(9)10)2-1-3-8-7/h10,12H,2-8,13H2,1H3,(H,14,15);7-9H,2-6,11-13H2,1H3,(H,14,15);9,11H,2-7,12H2,1H3,(H,13,14);5-7H,2-4,9-11H2,1H3,(H,12,13);4,6-7H,2-3,9-11H2,1H3,(H,12,13);4-6H,2-3,8-10H2,1H3,(H,11,12);2*5-6H,1-4,8-10H2,(H,11,12);4,10H,1-2,7-9H2,(H,11,12);4,8H,1-3,6-7H2,(H,9,10)/b;;;;5-4-;;;;5-3+;. The van der Waals surface area contributed by atoms with E-state index in [2.05, 4.69) is 5.43 Å². The maximum absolute atomic E-state index is 10.4. The first-order chi connectivity index (χ1) is 59.1. The molecule has 128 heavy (non-hydrogen) atoms. The summed E-state index contributed by atoms with van der Waals surface area (Å²) in [6.07, 6.45) is 26.8. The van der Waals surface area contributed by atoms with E-state index in [-0.39, 0.29) is 73.0 Å². The van der Waals surface area contributed by atoms with Crippen molar-refractivity contribution in [1.82, 2.24) is 5.43 Å². The molecule has 18 unspecified atom stereocenters. The van der Waals surface area contributed by atoms with Crippen LogP contribution in [-0.4, -0.2) is 255 Å². The molecule has 0 radical (unpaired) electrons. The second kappa shape index (κ2) is 92.1. The molecular formula is C79H178N28O21. The molecular weight excluding hydrogens is 1680 g/mol. The van der Waals surface area contributed by atoms with Crippen molar-refractivity contribution < 1.29 is 104 Å². The normalized spacial score (nSPS) is 15.2. The van der Waals surface area contributed by atoms with Crippen LogP contribution in [0.2, 0.25) is 0 Å². The predicted molar refractivity (Wildman–Crippen MR) is 499 cm³/mol. The molecule has 18 atom stereocenters. The molecule has 0 amide bonds. The van der Waals surface area contributed by atoms with E-state index in [0.29, 0.717) is 134 Å². The number of hydrogen-bond acceptors (Lipinski definition) is 39. The number of nitrogens with one attached hydrogen (secondary N) is 3. The third-order valence-electron chi connectivity index (χ3n) is 18.0. The van der Waals surface area contributed by atoms with Gasteiger partial charge in [-0.05, 0) is 228 Å². The van der Waals surface area contributed by atoms with E-state index in [1.807, 2.05) is 20.8 Å². The minimum absolute atomic E-state index is 0.0274. The van der Waals surface area contributed by atoms with Crippen LogP contribution < -0.4 is 149 Å². The van der Waals surface area contributed by atoms with Gasteiger partial charge in [0, 0.05) is 72.0 Å². The third-order valence-corrected chi connectivity index (χ3v) is 18.0. The number of unbranched alkanes of at least 4 members (excludes halogenated alkanes) is 8. The molecule has 49 heteroatoms. The fourth-order valence-electron chi connectivity index (χ4n) is 9.63. The Bertz CT molecular complexity index is 2920. The Balaban J connectivity index is -0.000000151. The van der Waals surface area contributed by atoms with Crippen LogP contribution in [-0.2, 0) is 47.9 Å². The Labute approximate surface area is 756 Å². The molecule has 0 aromatic heterocycles. The highest BCUT2D eigenvalue weighted by Crippen LogP contribution is 2.13. The fourth-order valence-corrected chi connectivity index (χ4v) is 9.63. The van der Waals surface area contributed by atoms with Gasteiger partial charge < -0.3 is 205 Å². The lowest BCUT2D eigenvalue weighted by atomic mass is 10.0. The van der Waals surface area contributed by atoms with Gasteiger partial charge in [-0.3, -0.25) is 59.2 Å². The summed E-state index contributed by atoms with van der Waals surface area (Å²) in [6, 6.07) is -8.15. The van der Waals surface area contributed by atoms with Crippen molar-refractivity contribution in [2.24, 2.45) is 143 Å². The number of hydrogen-bond donors (Lipinski definition) is 39. The number of carbonyl (C=O) groups is 10. The van der Waals surface area contributed by atoms with Gasteiger partial charge in [-0.1, -0.05) is 57.8 Å². The van der Waals surface area contributed by atoms with Crippen molar-refractivity contribution in [3.8, 4) is 0 Å². The summed E-state index contributed by atoms with van der Waals surface area (Å²) >= 11 is 0. The number of rotatable bonds is 62. The van der Waals surface area contributed by atoms with E-state index < -0.39 is 126 Å². The van der Waals surface area contributed by atoms with Crippen molar-refractivity contribution in [3.05, 3.63) is 23.4 Å². The quantitative estimate of drug-likeness (QED) is 0.00719. The maximum atomic E-state index is 10.4. The zero-order chi connectivity index (χ0) is 102. The average Bonchev–Trinajstić information content (AvgIpc) is 0.858. The highest BCUT2D eigenvalue weighted by Gasteiger charge is 2.20. The van der Waals surface area contributed by atoms with Gasteiger partial charge in [0.05, 0.1) is 11.9 Å². The number of carboxylic acids is 10. The van der Waals surface area contributed by atoms with Crippen molar-refractivity contribution in [2.75, 3.05) is 13.1 Å². The molecule has 0 aromatic rings. The van der Waals surface area contributed by atoms with Gasteiger partial charge in [0.15, 0.2) is 0 Å². The Kier molecular flexibility index (Phi) is 101. The molecule has 0 heterocycles. The molecule has 0 fully saturated rings. The molecule has 0 rings (SSSR count). The first-order valence-electron chi connectivity index (χ1n) is 43.0. The lowest BCUT2D eigenvalue weighted by Gasteiger charge is -2.16. The van der Waals surface area contributed by atoms with Gasteiger partial charge in [-0.25, -0.2) is 0 Å². The van der Waals surface area contributed by atoms with E-state index >= 15 is 0 Å². The molecule has 64 N–H and O–H groups in total. The average molecular weight is 1860 g/mol. The summed E-state index contributed by atoms with van der Waals surface area (Å²) in [6.45, 7) is 12.1. The Morgan fingerprint density at radius 2 is 0.586 bits per heavy atom. The fraction of sp³-hybridized carbons (Fsp3) is 0.797. The van der Waals surface area contributed by atoms with Gasteiger partial charge in [-0.15, -0.1) is 0 Å². The monoisotopic (exact) mass is 1860 g/mol. The van der Waals surface area contributed by atoms with Crippen LogP contribution in [0.3, 0.4) is 0 Å². The van der Waals surface area contributed by atoms with Gasteiger partial charge in [0.1, 0.15) is 60.4 Å². The van der Waals surface area contributed by atoms with E-state index in [9.17, 15) is 47.9 Å². The number of aliphatic carboxylic acids is 10. The first-order valence-corrected chi connectivity index (χ1v) is 43.0. The van der Waals surface area contributed by atoms with Crippen LogP contribution in [0.25, 0.3) is 0 Å². The van der Waals surface area contributed by atoms with E-state index in [1.165, 1.54) is 0 Å². The van der Waals surface area contributed by atoms with Gasteiger partial charge in [0.2, 0.25) is 5.88 Å². The van der Waals surface area contributed by atoms with Crippen molar-refractivity contribution in [2.45, 2.75) is 388 Å². The van der Waals surface area contributed by atoms with E-state index in [1.54, 1.807) is 26.8 Å². The highest BCUT2D eigenvalue weighted by molar-refractivity contribution is 5.79. The molecule has 0 aliphatic rings. The molecule has 0 saturated heterocycles. The lowest BCUT2D eigenvalue weighted by molar-refractivity contribution is -0.139. The number of hydrazine groups is 1. The van der Waals surface area contributed by atoms with Crippen molar-refractivity contribution >= 4 is 71.1 Å². The molecule has 0 saturated carbocycles. The molecule has 0 aliphatic carbocycles. The maximum Gasteiger partial charge on any atom is 0.320 e.